The fraction of sp³-hybridized carbons (Fsp3) is 0.429. The van der Waals surface area contributed by atoms with Crippen molar-refractivity contribution >= 4 is 22.0 Å². The standard InChI is InChI=1S/C14H18BrNO2/c1-17-13-9-11(15)8-10(4-3-7-16)14(13)18-12-5-2-6-12/h3-4,8-9,12H,2,5-7,16H2,1H3/b4-3+. The molecule has 2 rings (SSSR count). The van der Waals surface area contributed by atoms with Gasteiger partial charge in [-0.25, -0.2) is 0 Å². The van der Waals surface area contributed by atoms with Gasteiger partial charge in [0.25, 0.3) is 0 Å². The average molecular weight is 312 g/mol. The van der Waals surface area contributed by atoms with Crippen LogP contribution in [0.25, 0.3) is 6.08 Å². The molecule has 0 heterocycles. The van der Waals surface area contributed by atoms with Gasteiger partial charge < -0.3 is 15.2 Å². The van der Waals surface area contributed by atoms with Crippen molar-refractivity contribution in [3.05, 3.63) is 28.2 Å². The monoisotopic (exact) mass is 311 g/mol. The van der Waals surface area contributed by atoms with E-state index in [0.717, 1.165) is 34.4 Å². The first kappa shape index (κ1) is 13.4. The van der Waals surface area contributed by atoms with Gasteiger partial charge in [-0.2, -0.15) is 0 Å². The van der Waals surface area contributed by atoms with E-state index in [0.29, 0.717) is 12.6 Å². The van der Waals surface area contributed by atoms with E-state index in [1.165, 1.54) is 6.42 Å². The zero-order chi connectivity index (χ0) is 13.0. The Morgan fingerprint density at radius 3 is 2.78 bits per heavy atom. The summed E-state index contributed by atoms with van der Waals surface area (Å²) >= 11 is 3.48. The number of rotatable bonds is 5. The van der Waals surface area contributed by atoms with Gasteiger partial charge in [0.2, 0.25) is 0 Å². The zero-order valence-electron chi connectivity index (χ0n) is 10.5. The van der Waals surface area contributed by atoms with Gasteiger partial charge in [0.15, 0.2) is 11.5 Å². The first-order valence-electron chi connectivity index (χ1n) is 6.15. The second kappa shape index (κ2) is 6.25. The minimum Gasteiger partial charge on any atom is -0.493 e. The number of methoxy groups -OCH3 is 1. The summed E-state index contributed by atoms with van der Waals surface area (Å²) in [6.45, 7) is 0.512. The number of hydrogen-bond acceptors (Lipinski definition) is 3. The fourth-order valence-electron chi connectivity index (χ4n) is 1.84. The molecule has 0 unspecified atom stereocenters. The Hall–Kier alpha value is -1.00. The predicted octanol–water partition coefficient (Wildman–Crippen LogP) is 3.36. The zero-order valence-corrected chi connectivity index (χ0v) is 12.1. The second-order valence-electron chi connectivity index (χ2n) is 4.34. The van der Waals surface area contributed by atoms with Crippen LogP contribution >= 0.6 is 15.9 Å². The SMILES string of the molecule is COc1cc(Br)cc(/C=C/CN)c1OC1CCC1. The van der Waals surface area contributed by atoms with Crippen LogP contribution in [0.5, 0.6) is 11.5 Å². The molecule has 1 saturated carbocycles. The summed E-state index contributed by atoms with van der Waals surface area (Å²) < 4.78 is 12.4. The van der Waals surface area contributed by atoms with Gasteiger partial charge in [0.1, 0.15) is 0 Å². The van der Waals surface area contributed by atoms with Crippen LogP contribution in [0.2, 0.25) is 0 Å². The first-order valence-corrected chi connectivity index (χ1v) is 6.94. The molecule has 0 aromatic heterocycles. The number of halogens is 1. The molecule has 18 heavy (non-hydrogen) atoms. The van der Waals surface area contributed by atoms with Crippen LogP contribution in [0.3, 0.4) is 0 Å². The van der Waals surface area contributed by atoms with Gasteiger partial charge >= 0.3 is 0 Å². The number of benzene rings is 1. The molecule has 3 nitrogen and oxygen atoms in total. The summed E-state index contributed by atoms with van der Waals surface area (Å²) in [5, 5.41) is 0. The smallest absolute Gasteiger partial charge is 0.168 e. The Morgan fingerprint density at radius 2 is 2.22 bits per heavy atom. The maximum Gasteiger partial charge on any atom is 0.168 e. The van der Waals surface area contributed by atoms with Gasteiger partial charge in [0, 0.05) is 16.6 Å². The van der Waals surface area contributed by atoms with Crippen molar-refractivity contribution in [2.45, 2.75) is 25.4 Å². The van der Waals surface area contributed by atoms with E-state index in [4.69, 9.17) is 15.2 Å². The molecule has 1 aromatic carbocycles. The molecule has 1 aliphatic rings. The van der Waals surface area contributed by atoms with E-state index >= 15 is 0 Å². The van der Waals surface area contributed by atoms with E-state index in [1.807, 2.05) is 24.3 Å². The minimum atomic E-state index is 0.324. The Bertz CT molecular complexity index is 442. The van der Waals surface area contributed by atoms with Crippen molar-refractivity contribution in [2.24, 2.45) is 5.73 Å². The van der Waals surface area contributed by atoms with E-state index in [-0.39, 0.29) is 0 Å². The fourth-order valence-corrected chi connectivity index (χ4v) is 2.30. The molecular formula is C14H18BrNO2. The third kappa shape index (κ3) is 3.06. The van der Waals surface area contributed by atoms with Crippen LogP contribution in [0.1, 0.15) is 24.8 Å². The molecule has 0 saturated heterocycles. The summed E-state index contributed by atoms with van der Waals surface area (Å²) in [5.74, 6) is 1.57. The van der Waals surface area contributed by atoms with Crippen molar-refractivity contribution in [1.82, 2.24) is 0 Å². The van der Waals surface area contributed by atoms with E-state index < -0.39 is 0 Å². The number of hydrogen-bond donors (Lipinski definition) is 1. The van der Waals surface area contributed by atoms with Crippen LogP contribution in [0, 0.1) is 0 Å². The molecule has 4 heteroatoms. The summed E-state index contributed by atoms with van der Waals surface area (Å²) in [4.78, 5) is 0. The van der Waals surface area contributed by atoms with Gasteiger partial charge in [-0.05, 0) is 31.4 Å². The predicted molar refractivity (Wildman–Crippen MR) is 77.0 cm³/mol. The lowest BCUT2D eigenvalue weighted by molar-refractivity contribution is 0.116. The average Bonchev–Trinajstić information content (AvgIpc) is 2.31. The van der Waals surface area contributed by atoms with Gasteiger partial charge in [-0.3, -0.25) is 0 Å². The Labute approximate surface area is 116 Å². The molecule has 0 amide bonds. The molecule has 0 radical (unpaired) electrons. The first-order chi connectivity index (χ1) is 8.74. The third-order valence-corrected chi connectivity index (χ3v) is 3.50. The molecule has 0 spiro atoms. The summed E-state index contributed by atoms with van der Waals surface area (Å²) in [5.41, 5.74) is 6.50. The molecule has 0 atom stereocenters. The lowest BCUT2D eigenvalue weighted by atomic mass is 9.96. The highest BCUT2D eigenvalue weighted by Gasteiger charge is 2.22. The van der Waals surface area contributed by atoms with Crippen LogP contribution in [0.15, 0.2) is 22.7 Å². The molecule has 1 aliphatic carbocycles. The van der Waals surface area contributed by atoms with Crippen molar-refractivity contribution in [3.8, 4) is 11.5 Å². The van der Waals surface area contributed by atoms with Gasteiger partial charge in [-0.15, -0.1) is 0 Å². The number of ether oxygens (including phenoxy) is 2. The molecule has 0 bridgehead atoms. The molecule has 2 N–H and O–H groups in total. The minimum absolute atomic E-state index is 0.324. The maximum absolute atomic E-state index is 6.02. The molecule has 0 aliphatic heterocycles. The molecule has 1 fully saturated rings. The summed E-state index contributed by atoms with van der Waals surface area (Å²) in [6.07, 6.45) is 7.71. The lowest BCUT2D eigenvalue weighted by Crippen LogP contribution is -2.25. The lowest BCUT2D eigenvalue weighted by Gasteiger charge is -2.28. The molecular weight excluding hydrogens is 294 g/mol. The molecule has 1 aromatic rings. The van der Waals surface area contributed by atoms with Crippen molar-refractivity contribution < 1.29 is 9.47 Å². The van der Waals surface area contributed by atoms with Crippen molar-refractivity contribution in [1.29, 1.82) is 0 Å². The topological polar surface area (TPSA) is 44.5 Å². The largest absolute Gasteiger partial charge is 0.493 e. The third-order valence-electron chi connectivity index (χ3n) is 3.04. The highest BCUT2D eigenvalue weighted by Crippen LogP contribution is 2.38. The van der Waals surface area contributed by atoms with Crippen LogP contribution in [-0.2, 0) is 0 Å². The van der Waals surface area contributed by atoms with E-state index in [1.54, 1.807) is 7.11 Å². The quantitative estimate of drug-likeness (QED) is 0.907. The highest BCUT2D eigenvalue weighted by molar-refractivity contribution is 9.10. The Kier molecular flexibility index (Phi) is 4.66. The molecule has 98 valence electrons. The summed E-state index contributed by atoms with van der Waals surface area (Å²) in [6, 6.07) is 3.94. The number of nitrogens with two attached hydrogens (primary N) is 1. The summed E-state index contributed by atoms with van der Waals surface area (Å²) in [7, 11) is 1.66. The van der Waals surface area contributed by atoms with Crippen LogP contribution < -0.4 is 15.2 Å². The Morgan fingerprint density at radius 1 is 1.44 bits per heavy atom. The highest BCUT2D eigenvalue weighted by atomic mass is 79.9. The van der Waals surface area contributed by atoms with Gasteiger partial charge in [0.05, 0.1) is 13.2 Å². The van der Waals surface area contributed by atoms with Gasteiger partial charge in [-0.1, -0.05) is 28.1 Å². The van der Waals surface area contributed by atoms with Crippen LogP contribution in [-0.4, -0.2) is 19.8 Å². The second-order valence-corrected chi connectivity index (χ2v) is 5.25. The normalized spacial score (nSPS) is 15.7. The van der Waals surface area contributed by atoms with Crippen molar-refractivity contribution in [2.75, 3.05) is 13.7 Å². The van der Waals surface area contributed by atoms with E-state index in [9.17, 15) is 0 Å². The van der Waals surface area contributed by atoms with Crippen LogP contribution in [0.4, 0.5) is 0 Å². The van der Waals surface area contributed by atoms with Crippen molar-refractivity contribution in [3.63, 3.8) is 0 Å². The Balaban J connectivity index is 2.33. The van der Waals surface area contributed by atoms with E-state index in [2.05, 4.69) is 15.9 Å². The maximum atomic E-state index is 6.02.